The van der Waals surface area contributed by atoms with E-state index in [-0.39, 0.29) is 0 Å². The van der Waals surface area contributed by atoms with Gasteiger partial charge in [0.2, 0.25) is 0 Å². The van der Waals surface area contributed by atoms with E-state index in [0.29, 0.717) is 0 Å². The molecule has 0 amide bonds. The molecule has 1 aliphatic rings. The second-order valence-electron chi connectivity index (χ2n) is 2.05. The summed E-state index contributed by atoms with van der Waals surface area (Å²) in [6, 6.07) is 0. The first kappa shape index (κ1) is 11.1. The van der Waals surface area contributed by atoms with E-state index in [0.717, 1.165) is 6.42 Å². The first-order chi connectivity index (χ1) is 5.91. The lowest BCUT2D eigenvalue weighted by Crippen LogP contribution is -1.48. The number of thiol groups is 1. The van der Waals surface area contributed by atoms with E-state index in [4.69, 9.17) is 0 Å². The Kier molecular flexibility index (Phi) is 9.25. The van der Waals surface area contributed by atoms with E-state index in [1.165, 1.54) is 0 Å². The van der Waals surface area contributed by atoms with Crippen LogP contribution in [0.25, 0.3) is 0 Å². The smallest absolute Gasteiger partial charge is 0.0163 e. The van der Waals surface area contributed by atoms with Gasteiger partial charge in [0.25, 0.3) is 0 Å². The van der Waals surface area contributed by atoms with Crippen molar-refractivity contribution in [2.75, 3.05) is 0 Å². The van der Waals surface area contributed by atoms with Gasteiger partial charge in [-0.2, -0.15) is 12.6 Å². The van der Waals surface area contributed by atoms with Crippen LogP contribution in [0.5, 0.6) is 0 Å². The first-order valence-electron chi connectivity index (χ1n) is 3.82. The number of rotatable bonds is 1. The average Bonchev–Trinajstić information content (AvgIpc) is 2.37. The number of allylic oxidation sites excluding steroid dienone is 8. The van der Waals surface area contributed by atoms with Gasteiger partial charge >= 0.3 is 0 Å². The lowest BCUT2D eigenvalue weighted by molar-refractivity contribution is 1.41. The van der Waals surface area contributed by atoms with E-state index in [1.807, 2.05) is 12.2 Å². The summed E-state index contributed by atoms with van der Waals surface area (Å²) in [4.78, 5) is 0. The summed E-state index contributed by atoms with van der Waals surface area (Å²) in [6.07, 6.45) is 16.9. The fourth-order valence-corrected chi connectivity index (χ4v) is 0.704. The third kappa shape index (κ3) is 9.05. The standard InChI is InChI=1S/C7H8.C4H6S/c1-2-4-6-7-5-3-1;1-2-3-4-5/h1-6H,7H2;2-5H,1H2/b;4-3-. The molecule has 64 valence electrons. The van der Waals surface area contributed by atoms with Crippen LogP contribution in [0, 0.1) is 0 Å². The van der Waals surface area contributed by atoms with Gasteiger partial charge in [-0.15, -0.1) is 0 Å². The van der Waals surface area contributed by atoms with Crippen LogP contribution in [0.15, 0.2) is 60.6 Å². The number of hydrogen-bond donors (Lipinski definition) is 1. The molecule has 0 aromatic heterocycles. The maximum atomic E-state index is 3.75. The van der Waals surface area contributed by atoms with Crippen LogP contribution in [0.3, 0.4) is 0 Å². The lowest BCUT2D eigenvalue weighted by Gasteiger charge is -1.69. The third-order valence-corrected chi connectivity index (χ3v) is 1.27. The van der Waals surface area contributed by atoms with Crippen LogP contribution in [0.4, 0.5) is 0 Å². The Balaban J connectivity index is 0.000000217. The van der Waals surface area contributed by atoms with Crippen molar-refractivity contribution in [2.45, 2.75) is 6.42 Å². The quantitative estimate of drug-likeness (QED) is 0.459. The predicted molar refractivity (Wildman–Crippen MR) is 60.4 cm³/mol. The van der Waals surface area contributed by atoms with Crippen molar-refractivity contribution >= 4 is 12.6 Å². The molecule has 0 nitrogen and oxygen atoms in total. The summed E-state index contributed by atoms with van der Waals surface area (Å²) in [6.45, 7) is 3.41. The van der Waals surface area contributed by atoms with Crippen molar-refractivity contribution in [3.8, 4) is 0 Å². The van der Waals surface area contributed by atoms with Gasteiger partial charge in [-0.25, -0.2) is 0 Å². The molecular weight excluding hydrogens is 164 g/mol. The Morgan fingerprint density at radius 3 is 2.00 bits per heavy atom. The zero-order valence-corrected chi connectivity index (χ0v) is 7.95. The van der Waals surface area contributed by atoms with E-state index in [9.17, 15) is 0 Å². The third-order valence-electron chi connectivity index (χ3n) is 1.10. The summed E-state index contributed by atoms with van der Waals surface area (Å²) >= 11 is 3.75. The molecule has 0 spiro atoms. The summed E-state index contributed by atoms with van der Waals surface area (Å²) in [7, 11) is 0. The van der Waals surface area contributed by atoms with Gasteiger partial charge < -0.3 is 0 Å². The van der Waals surface area contributed by atoms with E-state index in [2.05, 4.69) is 43.5 Å². The maximum Gasteiger partial charge on any atom is -0.0163 e. The highest BCUT2D eigenvalue weighted by atomic mass is 32.1. The molecule has 0 atom stereocenters. The molecule has 0 aromatic carbocycles. The van der Waals surface area contributed by atoms with Crippen LogP contribution in [-0.2, 0) is 0 Å². The fourth-order valence-electron chi connectivity index (χ4n) is 0.582. The minimum atomic E-state index is 1.08. The summed E-state index contributed by atoms with van der Waals surface area (Å²) in [5.74, 6) is 0. The van der Waals surface area contributed by atoms with Crippen LogP contribution in [-0.4, -0.2) is 0 Å². The molecule has 0 fully saturated rings. The second-order valence-corrected chi connectivity index (χ2v) is 2.35. The Morgan fingerprint density at radius 2 is 1.67 bits per heavy atom. The minimum absolute atomic E-state index is 1.08. The van der Waals surface area contributed by atoms with Crippen molar-refractivity contribution < 1.29 is 0 Å². The van der Waals surface area contributed by atoms with Crippen molar-refractivity contribution in [1.82, 2.24) is 0 Å². The van der Waals surface area contributed by atoms with Crippen LogP contribution < -0.4 is 0 Å². The molecule has 0 radical (unpaired) electrons. The highest BCUT2D eigenvalue weighted by Gasteiger charge is 1.70. The molecule has 12 heavy (non-hydrogen) atoms. The zero-order chi connectivity index (χ0) is 9.07. The first-order valence-corrected chi connectivity index (χ1v) is 4.33. The minimum Gasteiger partial charge on any atom is -0.151 e. The Bertz CT molecular complexity index is 193. The number of hydrogen-bond acceptors (Lipinski definition) is 1. The SMILES string of the molecule is C1=CC=CCC=C1.C=C/C=C\S. The highest BCUT2D eigenvalue weighted by molar-refractivity contribution is 7.83. The van der Waals surface area contributed by atoms with Gasteiger partial charge in [0.15, 0.2) is 0 Å². The molecule has 0 unspecified atom stereocenters. The van der Waals surface area contributed by atoms with Crippen molar-refractivity contribution in [1.29, 1.82) is 0 Å². The summed E-state index contributed by atoms with van der Waals surface area (Å²) in [5, 5.41) is 1.63. The van der Waals surface area contributed by atoms with Gasteiger partial charge in [-0.1, -0.05) is 55.2 Å². The fraction of sp³-hybridized carbons (Fsp3) is 0.0909. The molecular formula is C11H14S. The molecule has 1 aliphatic carbocycles. The van der Waals surface area contributed by atoms with Crippen LogP contribution in [0.1, 0.15) is 6.42 Å². The van der Waals surface area contributed by atoms with Crippen molar-refractivity contribution in [3.05, 3.63) is 60.6 Å². The second kappa shape index (κ2) is 10.0. The molecule has 1 heteroatoms. The maximum absolute atomic E-state index is 3.75. The molecule has 0 heterocycles. The summed E-state index contributed by atoms with van der Waals surface area (Å²) in [5.41, 5.74) is 0. The molecule has 0 saturated carbocycles. The van der Waals surface area contributed by atoms with Gasteiger partial charge in [-0.3, -0.25) is 0 Å². The Hall–Kier alpha value is -0.950. The topological polar surface area (TPSA) is 0 Å². The molecule has 0 saturated heterocycles. The van der Waals surface area contributed by atoms with Crippen molar-refractivity contribution in [2.24, 2.45) is 0 Å². The monoisotopic (exact) mass is 178 g/mol. The molecule has 1 rings (SSSR count). The molecule has 0 bridgehead atoms. The van der Waals surface area contributed by atoms with E-state index < -0.39 is 0 Å². The lowest BCUT2D eigenvalue weighted by atomic mass is 10.4. The predicted octanol–water partition coefficient (Wildman–Crippen LogP) is 3.67. The summed E-state index contributed by atoms with van der Waals surface area (Å²) < 4.78 is 0. The average molecular weight is 178 g/mol. The zero-order valence-electron chi connectivity index (χ0n) is 7.06. The van der Waals surface area contributed by atoms with Crippen LogP contribution >= 0.6 is 12.6 Å². The van der Waals surface area contributed by atoms with Crippen molar-refractivity contribution in [3.63, 3.8) is 0 Å². The Morgan fingerprint density at radius 1 is 1.08 bits per heavy atom. The molecule has 0 aliphatic heterocycles. The van der Waals surface area contributed by atoms with E-state index in [1.54, 1.807) is 17.6 Å². The Labute approximate surface area is 80.1 Å². The normalized spacial score (nSPS) is 13.8. The molecule has 0 aromatic rings. The van der Waals surface area contributed by atoms with E-state index >= 15 is 0 Å². The van der Waals surface area contributed by atoms with Gasteiger partial charge in [0.05, 0.1) is 0 Å². The van der Waals surface area contributed by atoms with Crippen LogP contribution in [0.2, 0.25) is 0 Å². The molecule has 0 N–H and O–H groups in total. The van der Waals surface area contributed by atoms with Gasteiger partial charge in [-0.05, 0) is 11.8 Å². The highest BCUT2D eigenvalue weighted by Crippen LogP contribution is 1.91. The largest absolute Gasteiger partial charge is 0.151 e. The van der Waals surface area contributed by atoms with Gasteiger partial charge in [0.1, 0.15) is 0 Å². The van der Waals surface area contributed by atoms with Gasteiger partial charge in [0, 0.05) is 0 Å².